The second kappa shape index (κ2) is 8.06. The lowest BCUT2D eigenvalue weighted by Crippen LogP contribution is -2.15. The molecule has 0 spiro atoms. The molecule has 19 heavy (non-hydrogen) atoms. The molecule has 106 valence electrons. The second-order valence-corrected chi connectivity index (χ2v) is 4.85. The van der Waals surface area contributed by atoms with E-state index in [0.717, 1.165) is 16.5 Å². The Morgan fingerprint density at radius 2 is 2.26 bits per heavy atom. The maximum absolute atomic E-state index is 10.4. The van der Waals surface area contributed by atoms with Crippen LogP contribution in [0.1, 0.15) is 17.5 Å². The summed E-state index contributed by atoms with van der Waals surface area (Å²) in [5.74, 6) is 0.642. The number of aliphatic hydroxyl groups excluding tert-OH is 2. The monoisotopic (exact) mass is 285 g/mol. The fourth-order valence-corrected chi connectivity index (χ4v) is 1.72. The summed E-state index contributed by atoms with van der Waals surface area (Å²) in [6.07, 6.45) is 1.10. The van der Waals surface area contributed by atoms with E-state index in [1.807, 2.05) is 6.92 Å². The quantitative estimate of drug-likeness (QED) is 0.728. The largest absolute Gasteiger partial charge is 0.769 e. The predicted octanol–water partition coefficient (Wildman–Crippen LogP) is 0.967. The number of aryl methyl sites for hydroxylation is 1. The summed E-state index contributed by atoms with van der Waals surface area (Å²) >= 11 is -2.20. The van der Waals surface area contributed by atoms with Crippen molar-refractivity contribution < 1.29 is 23.7 Å². The molecule has 1 rings (SSSR count). The highest BCUT2D eigenvalue weighted by atomic mass is 32.2. The maximum atomic E-state index is 10.4. The highest BCUT2D eigenvalue weighted by Gasteiger charge is 2.03. The average Bonchev–Trinajstić information content (AvgIpc) is 2.37. The summed E-state index contributed by atoms with van der Waals surface area (Å²) < 4.78 is 26.3. The number of aliphatic hydroxyl groups is 2. The molecule has 0 aliphatic rings. The minimum absolute atomic E-state index is 0.279. The van der Waals surface area contributed by atoms with Gasteiger partial charge in [0.2, 0.25) is 0 Å². The number of benzene rings is 1. The van der Waals surface area contributed by atoms with Crippen LogP contribution in [0.4, 0.5) is 0 Å². The van der Waals surface area contributed by atoms with Crippen LogP contribution in [0.2, 0.25) is 0 Å². The summed E-state index contributed by atoms with van der Waals surface area (Å²) in [7, 11) is 0. The van der Waals surface area contributed by atoms with Crippen molar-refractivity contribution in [2.45, 2.75) is 19.4 Å². The van der Waals surface area contributed by atoms with Crippen molar-refractivity contribution in [1.82, 2.24) is 0 Å². The molecule has 0 aliphatic carbocycles. The highest BCUT2D eigenvalue weighted by Crippen LogP contribution is 2.18. The van der Waals surface area contributed by atoms with Crippen LogP contribution in [0.5, 0.6) is 5.75 Å². The maximum Gasteiger partial charge on any atom is 0.119 e. The Morgan fingerprint density at radius 1 is 1.53 bits per heavy atom. The van der Waals surface area contributed by atoms with Gasteiger partial charge in [-0.3, -0.25) is 4.21 Å². The number of hydrogen-bond acceptors (Lipinski definition) is 5. The van der Waals surface area contributed by atoms with Crippen molar-refractivity contribution in [3.8, 4) is 5.75 Å². The van der Waals surface area contributed by atoms with E-state index in [9.17, 15) is 8.76 Å². The summed E-state index contributed by atoms with van der Waals surface area (Å²) in [5, 5.41) is 18.9. The zero-order chi connectivity index (χ0) is 14.3. The van der Waals surface area contributed by atoms with Gasteiger partial charge in [-0.15, -0.1) is 0 Å². The third-order valence-electron chi connectivity index (χ3n) is 2.53. The molecule has 0 heterocycles. The molecule has 5 nitrogen and oxygen atoms in total. The van der Waals surface area contributed by atoms with Crippen LogP contribution in [-0.4, -0.2) is 38.3 Å². The van der Waals surface area contributed by atoms with Crippen molar-refractivity contribution in [3.63, 3.8) is 0 Å². The molecule has 6 heteroatoms. The average molecular weight is 285 g/mol. The van der Waals surface area contributed by atoms with Crippen LogP contribution in [0, 0.1) is 6.92 Å². The minimum atomic E-state index is -2.20. The van der Waals surface area contributed by atoms with Gasteiger partial charge in [-0.25, -0.2) is 0 Å². The van der Waals surface area contributed by atoms with E-state index < -0.39 is 17.2 Å². The third kappa shape index (κ3) is 5.98. The summed E-state index contributed by atoms with van der Waals surface area (Å²) in [4.78, 5) is 0. The van der Waals surface area contributed by atoms with Crippen molar-refractivity contribution >= 4 is 17.2 Å². The van der Waals surface area contributed by atoms with E-state index in [1.165, 1.54) is 6.08 Å². The molecule has 0 bridgehead atoms. The fourth-order valence-electron chi connectivity index (χ4n) is 1.46. The van der Waals surface area contributed by atoms with Gasteiger partial charge >= 0.3 is 0 Å². The van der Waals surface area contributed by atoms with E-state index in [-0.39, 0.29) is 6.61 Å². The lowest BCUT2D eigenvalue weighted by atomic mass is 10.1. The zero-order valence-corrected chi connectivity index (χ0v) is 11.4. The molecule has 2 unspecified atom stereocenters. The lowest BCUT2D eigenvalue weighted by Gasteiger charge is -2.10. The van der Waals surface area contributed by atoms with Crippen molar-refractivity contribution in [3.05, 3.63) is 34.7 Å². The summed E-state index contributed by atoms with van der Waals surface area (Å²) in [6.45, 7) is 1.88. The Hall–Kier alpha value is -1.21. The first-order chi connectivity index (χ1) is 9.02. The number of hydrogen-bond donors (Lipinski definition) is 2. The molecule has 0 fully saturated rings. The number of ether oxygens (including phenoxy) is 1. The van der Waals surface area contributed by atoms with Crippen LogP contribution in [0.25, 0.3) is 6.08 Å². The van der Waals surface area contributed by atoms with Gasteiger partial charge in [0.25, 0.3) is 0 Å². The summed E-state index contributed by atoms with van der Waals surface area (Å²) in [5.41, 5.74) is 1.69. The highest BCUT2D eigenvalue weighted by molar-refractivity contribution is 7.82. The number of rotatable bonds is 7. The topological polar surface area (TPSA) is 89.8 Å². The second-order valence-electron chi connectivity index (χ2n) is 4.06. The molecular formula is C13H17O5S-. The Kier molecular flexibility index (Phi) is 6.72. The lowest BCUT2D eigenvalue weighted by molar-refractivity contribution is 0.0754. The minimum Gasteiger partial charge on any atom is -0.769 e. The van der Waals surface area contributed by atoms with Crippen molar-refractivity contribution in [2.75, 3.05) is 13.2 Å². The van der Waals surface area contributed by atoms with Crippen LogP contribution in [0.3, 0.4) is 0 Å². The summed E-state index contributed by atoms with van der Waals surface area (Å²) in [6, 6.07) is 5.28. The van der Waals surface area contributed by atoms with Gasteiger partial charge in [0.15, 0.2) is 0 Å². The molecule has 0 saturated heterocycles. The van der Waals surface area contributed by atoms with E-state index in [0.29, 0.717) is 18.8 Å². The molecular weight excluding hydrogens is 268 g/mol. The molecule has 0 amide bonds. The van der Waals surface area contributed by atoms with Gasteiger partial charge in [0, 0.05) is 6.42 Å². The van der Waals surface area contributed by atoms with E-state index in [2.05, 4.69) is 0 Å². The smallest absolute Gasteiger partial charge is 0.119 e. The molecule has 1 aromatic rings. The first-order valence-corrected chi connectivity index (χ1v) is 6.95. The normalized spacial score (nSPS) is 14.5. The van der Waals surface area contributed by atoms with Gasteiger partial charge in [-0.1, -0.05) is 6.07 Å². The molecule has 1 aromatic carbocycles. The van der Waals surface area contributed by atoms with E-state index >= 15 is 0 Å². The Balaban J connectivity index is 2.59. The Labute approximate surface area is 114 Å². The van der Waals surface area contributed by atoms with Gasteiger partial charge in [-0.05, 0) is 52.7 Å². The van der Waals surface area contributed by atoms with Crippen LogP contribution in [-0.2, 0) is 11.1 Å². The van der Waals surface area contributed by atoms with Gasteiger partial charge in [-0.2, -0.15) is 0 Å². The Bertz CT molecular complexity index is 458. The zero-order valence-electron chi connectivity index (χ0n) is 10.6. The third-order valence-corrected chi connectivity index (χ3v) is 2.89. The molecule has 0 aliphatic heterocycles. The van der Waals surface area contributed by atoms with Crippen LogP contribution >= 0.6 is 0 Å². The standard InChI is InChI=1S/C13H18O5S/c1-10-8-13(18-6-4-12(15)9-14)3-2-11(10)5-7-19(16)17/h2-3,5,7-8,12,14-15H,4,6,9H2,1H3,(H,16,17)/p-1/b7-5+. The first kappa shape index (κ1) is 15.8. The molecule has 2 atom stereocenters. The first-order valence-electron chi connectivity index (χ1n) is 5.81. The van der Waals surface area contributed by atoms with Gasteiger partial charge in [0.1, 0.15) is 5.75 Å². The van der Waals surface area contributed by atoms with Crippen molar-refractivity contribution in [1.29, 1.82) is 0 Å². The SMILES string of the molecule is Cc1cc(OCCC(O)CO)ccc1/C=C/S(=O)[O-]. The predicted molar refractivity (Wildman–Crippen MR) is 72.3 cm³/mol. The molecule has 2 N–H and O–H groups in total. The van der Waals surface area contributed by atoms with Crippen LogP contribution in [0.15, 0.2) is 23.6 Å². The Morgan fingerprint density at radius 3 is 2.84 bits per heavy atom. The van der Waals surface area contributed by atoms with Crippen molar-refractivity contribution in [2.24, 2.45) is 0 Å². The fraction of sp³-hybridized carbons (Fsp3) is 0.385. The molecule has 0 radical (unpaired) electrons. The van der Waals surface area contributed by atoms with E-state index in [1.54, 1.807) is 18.2 Å². The molecule has 0 aromatic heterocycles. The van der Waals surface area contributed by atoms with Crippen LogP contribution < -0.4 is 4.74 Å². The van der Waals surface area contributed by atoms with Gasteiger partial charge < -0.3 is 19.5 Å². The van der Waals surface area contributed by atoms with Gasteiger partial charge in [0.05, 0.1) is 19.3 Å². The van der Waals surface area contributed by atoms with E-state index in [4.69, 9.17) is 14.9 Å². The molecule has 0 saturated carbocycles.